The van der Waals surface area contributed by atoms with E-state index in [0.717, 1.165) is 23.8 Å². The van der Waals surface area contributed by atoms with Crippen LogP contribution in [0.2, 0.25) is 0 Å². The zero-order valence-corrected chi connectivity index (χ0v) is 35.7. The van der Waals surface area contributed by atoms with Crippen LogP contribution in [0.4, 0.5) is 5.69 Å². The Morgan fingerprint density at radius 1 is 0.655 bits per heavy atom. The van der Waals surface area contributed by atoms with Crippen LogP contribution in [0.5, 0.6) is 11.5 Å². The highest BCUT2D eigenvalue weighted by molar-refractivity contribution is 7.89. The first-order valence-electron chi connectivity index (χ1n) is 20.6. The lowest BCUT2D eigenvalue weighted by Crippen LogP contribution is -2.39. The van der Waals surface area contributed by atoms with Crippen molar-refractivity contribution >= 4 is 43.8 Å². The van der Waals surface area contributed by atoms with Gasteiger partial charge in [-0.1, -0.05) is 101 Å². The van der Waals surface area contributed by atoms with Gasteiger partial charge in [0.1, 0.15) is 11.5 Å². The van der Waals surface area contributed by atoms with Crippen LogP contribution in [0, 0.1) is 0 Å². The van der Waals surface area contributed by atoms with Crippen molar-refractivity contribution in [3.05, 3.63) is 94.9 Å². The summed E-state index contributed by atoms with van der Waals surface area (Å²) in [6.07, 6.45) is 14.1. The molecule has 1 saturated heterocycles. The Bertz CT molecular complexity index is 1950. The van der Waals surface area contributed by atoms with E-state index in [0.29, 0.717) is 22.7 Å². The van der Waals surface area contributed by atoms with Crippen molar-refractivity contribution < 1.29 is 44.3 Å². The number of carbonyl (C=O) groups is 2. The number of nitrogens with zero attached hydrogens (tertiary/aromatic N) is 1. The van der Waals surface area contributed by atoms with Gasteiger partial charge in [0.15, 0.2) is 12.2 Å². The first-order valence-corrected chi connectivity index (χ1v) is 23.6. The van der Waals surface area contributed by atoms with Crippen LogP contribution < -0.4 is 14.8 Å². The molecule has 318 valence electrons. The molecule has 0 aliphatic carbocycles. The third-order valence-electron chi connectivity index (χ3n) is 9.75. The van der Waals surface area contributed by atoms with Crippen LogP contribution >= 0.6 is 0 Å². The number of nitrogens with one attached hydrogen (secondary N) is 1. The molecule has 1 aliphatic rings. The van der Waals surface area contributed by atoms with Crippen molar-refractivity contribution in [2.75, 3.05) is 37.4 Å². The molecule has 1 heterocycles. The number of aryl methyl sites for hydroxylation is 2. The number of likely N-dealkylation sites (tertiary alicyclic amines) is 1. The topological polar surface area (TPSA) is 155 Å². The summed E-state index contributed by atoms with van der Waals surface area (Å²) in [4.78, 5) is 28.1. The monoisotopic (exact) mass is 840 g/mol. The van der Waals surface area contributed by atoms with E-state index in [2.05, 4.69) is 12.2 Å². The lowest BCUT2D eigenvalue weighted by atomic mass is 10.0. The van der Waals surface area contributed by atoms with Crippen LogP contribution in [-0.4, -0.2) is 77.8 Å². The van der Waals surface area contributed by atoms with Crippen molar-refractivity contribution in [2.45, 2.75) is 110 Å². The van der Waals surface area contributed by atoms with Gasteiger partial charge < -0.3 is 19.7 Å². The average Bonchev–Trinajstić information content (AvgIpc) is 3.59. The van der Waals surface area contributed by atoms with Crippen LogP contribution in [0.15, 0.2) is 78.2 Å². The van der Waals surface area contributed by atoms with Crippen molar-refractivity contribution in [3.8, 4) is 11.5 Å². The van der Waals surface area contributed by atoms with Crippen LogP contribution in [0.1, 0.15) is 102 Å². The molecule has 3 aromatic rings. The summed E-state index contributed by atoms with van der Waals surface area (Å²) in [5.74, 6) is -0.727. The third kappa shape index (κ3) is 16.6. The van der Waals surface area contributed by atoms with E-state index in [-0.39, 0.29) is 38.5 Å². The van der Waals surface area contributed by atoms with Gasteiger partial charge in [-0.2, -0.15) is 16.8 Å². The van der Waals surface area contributed by atoms with Gasteiger partial charge >= 0.3 is 11.8 Å². The Morgan fingerprint density at radius 2 is 1.16 bits per heavy atom. The number of unbranched alkanes of at least 4 members (excludes halogenated alkanes) is 9. The lowest BCUT2D eigenvalue weighted by molar-refractivity contribution is -0.142. The maximum absolute atomic E-state index is 13.5. The summed E-state index contributed by atoms with van der Waals surface area (Å²) in [5.41, 5.74) is 3.09. The summed E-state index contributed by atoms with van der Waals surface area (Å²) in [7, 11) is -7.41. The first kappa shape index (κ1) is 46.4. The minimum Gasteiger partial charge on any atom is -0.485 e. The number of benzene rings is 3. The molecule has 14 heteroatoms. The van der Waals surface area contributed by atoms with Gasteiger partial charge in [-0.05, 0) is 92.3 Å². The molecular weight excluding hydrogens is 781 g/mol. The summed E-state index contributed by atoms with van der Waals surface area (Å²) < 4.78 is 70.0. The lowest BCUT2D eigenvalue weighted by Gasteiger charge is -2.21. The fraction of sp³-hybridized carbons (Fsp3) is 0.500. The van der Waals surface area contributed by atoms with Crippen molar-refractivity contribution in [2.24, 2.45) is 0 Å². The highest BCUT2D eigenvalue weighted by Crippen LogP contribution is 2.25. The second-order valence-electron chi connectivity index (χ2n) is 14.4. The van der Waals surface area contributed by atoms with Gasteiger partial charge in [0, 0.05) is 5.69 Å². The number of hydrogen-bond acceptors (Lipinski definition) is 10. The highest BCUT2D eigenvalue weighted by Gasteiger charge is 2.40. The first-order chi connectivity index (χ1) is 27.9. The Kier molecular flexibility index (Phi) is 19.2. The molecule has 58 heavy (non-hydrogen) atoms. The quantitative estimate of drug-likeness (QED) is 0.0503. The predicted molar refractivity (Wildman–Crippen MR) is 228 cm³/mol. The number of rotatable bonds is 25. The molecule has 0 saturated carbocycles. The van der Waals surface area contributed by atoms with E-state index < -0.39 is 44.3 Å². The molecule has 1 aliphatic heterocycles. The summed E-state index contributed by atoms with van der Waals surface area (Å²) in [6.45, 7) is 5.69. The summed E-state index contributed by atoms with van der Waals surface area (Å²) in [6, 6.07) is 21.3. The second kappa shape index (κ2) is 24.0. The number of hydrogen-bond donors (Lipinski definition) is 1. The fourth-order valence-electron chi connectivity index (χ4n) is 6.62. The standard InChI is InChI=1S/C44H60N2O10S2/c1-4-7-8-9-10-11-12-13-14-15-16-35-17-23-38(24-18-35)45-43(47)44(48)46-33-41(55-39-25-19-36(20-26-39)29-31-57(49,50)53-5-2)42(34-46)56-40-27-21-37(22-28-40)30-32-58(51,52)54-6-3/h17-29,31,41-42H,4-16,30,32-34H2,1-3H3,(H,45,47)/b31-29+/t41-,42-/m1/s1. The molecule has 0 radical (unpaired) electrons. The van der Waals surface area contributed by atoms with E-state index in [1.807, 2.05) is 24.3 Å². The zero-order chi connectivity index (χ0) is 41.8. The van der Waals surface area contributed by atoms with Crippen molar-refractivity contribution in [1.82, 2.24) is 4.90 Å². The summed E-state index contributed by atoms with van der Waals surface area (Å²) in [5, 5.41) is 3.72. The molecule has 3 aromatic carbocycles. The average molecular weight is 841 g/mol. The largest absolute Gasteiger partial charge is 0.485 e. The van der Waals surface area contributed by atoms with E-state index in [1.54, 1.807) is 62.4 Å². The molecule has 0 bridgehead atoms. The van der Waals surface area contributed by atoms with Gasteiger partial charge in [0.25, 0.3) is 20.2 Å². The molecular formula is C44H60N2O10S2. The molecule has 12 nitrogen and oxygen atoms in total. The van der Waals surface area contributed by atoms with Crippen LogP contribution in [0.3, 0.4) is 0 Å². The second-order valence-corrected chi connectivity index (χ2v) is 17.7. The molecule has 2 atom stereocenters. The maximum atomic E-state index is 13.5. The van der Waals surface area contributed by atoms with Crippen molar-refractivity contribution in [1.29, 1.82) is 0 Å². The van der Waals surface area contributed by atoms with Crippen LogP contribution in [0.25, 0.3) is 6.08 Å². The predicted octanol–water partition coefficient (Wildman–Crippen LogP) is 8.07. The van der Waals surface area contributed by atoms with Gasteiger partial charge in [0.2, 0.25) is 0 Å². The summed E-state index contributed by atoms with van der Waals surface area (Å²) >= 11 is 0. The van der Waals surface area contributed by atoms with Gasteiger partial charge in [-0.3, -0.25) is 18.0 Å². The van der Waals surface area contributed by atoms with E-state index in [4.69, 9.17) is 17.8 Å². The minimum absolute atomic E-state index is 0.0286. The SMILES string of the molecule is CCCCCCCCCCCCc1ccc(NC(=O)C(=O)N2C[C@@H](Oc3ccc(/C=C/S(=O)(=O)OCC)cc3)[C@H](Oc3ccc(CCS(=O)(=O)OCC)cc3)C2)cc1. The third-order valence-corrected chi connectivity index (χ3v) is 12.1. The number of ether oxygens (including phenoxy) is 2. The molecule has 0 unspecified atom stereocenters. The normalized spacial score (nSPS) is 15.8. The Hall–Kier alpha value is -4.24. The van der Waals surface area contributed by atoms with Gasteiger partial charge in [0.05, 0.1) is 37.5 Å². The van der Waals surface area contributed by atoms with Crippen LogP contribution in [-0.2, 0) is 51.0 Å². The van der Waals surface area contributed by atoms with E-state index in [9.17, 15) is 26.4 Å². The molecule has 0 spiro atoms. The number of amides is 2. The van der Waals surface area contributed by atoms with Gasteiger partial charge in [-0.25, -0.2) is 0 Å². The number of carbonyl (C=O) groups excluding carboxylic acids is 2. The Morgan fingerprint density at radius 3 is 1.71 bits per heavy atom. The number of anilines is 1. The Labute approximate surface area is 345 Å². The molecule has 2 amide bonds. The maximum Gasteiger partial charge on any atom is 0.313 e. The molecule has 0 aromatic heterocycles. The van der Waals surface area contributed by atoms with E-state index in [1.165, 1.54) is 74.3 Å². The minimum atomic E-state index is -3.80. The Balaban J connectivity index is 1.35. The fourth-order valence-corrected chi connectivity index (χ4v) is 8.32. The molecule has 1 fully saturated rings. The van der Waals surface area contributed by atoms with Gasteiger partial charge in [-0.15, -0.1) is 0 Å². The van der Waals surface area contributed by atoms with Crippen molar-refractivity contribution in [3.63, 3.8) is 0 Å². The smallest absolute Gasteiger partial charge is 0.313 e. The van der Waals surface area contributed by atoms with E-state index >= 15 is 0 Å². The zero-order valence-electron chi connectivity index (χ0n) is 34.1. The molecule has 4 rings (SSSR count). The molecule has 1 N–H and O–H groups in total. The highest BCUT2D eigenvalue weighted by atomic mass is 32.2.